The number of carbonyl (C=O) groups excluding carboxylic acids is 1. The molecule has 0 aromatic heterocycles. The van der Waals surface area contributed by atoms with E-state index in [0.717, 1.165) is 11.3 Å². The van der Waals surface area contributed by atoms with Gasteiger partial charge in [0.2, 0.25) is 5.91 Å². The van der Waals surface area contributed by atoms with Crippen molar-refractivity contribution in [2.45, 2.75) is 19.4 Å². The Morgan fingerprint density at radius 2 is 2.11 bits per heavy atom. The average molecular weight is 263 g/mol. The summed E-state index contributed by atoms with van der Waals surface area (Å²) in [6, 6.07) is 7.41. The first kappa shape index (κ1) is 13.4. The van der Waals surface area contributed by atoms with E-state index in [2.05, 4.69) is 5.32 Å². The minimum atomic E-state index is -0.882. The second-order valence-corrected chi connectivity index (χ2v) is 4.70. The topological polar surface area (TPSA) is 75.6 Å². The summed E-state index contributed by atoms with van der Waals surface area (Å²) in [5.74, 6) is -1.23. The molecular formula is C14H17NO4. The number of hydrogen-bond acceptors (Lipinski definition) is 3. The third kappa shape index (κ3) is 3.05. The number of rotatable bonds is 5. The van der Waals surface area contributed by atoms with Crippen LogP contribution in [0.5, 0.6) is 5.75 Å². The molecule has 1 aliphatic carbocycles. The Bertz CT molecular complexity index is 486. The van der Waals surface area contributed by atoms with Crippen molar-refractivity contribution in [2.75, 3.05) is 7.11 Å². The van der Waals surface area contributed by atoms with Crippen molar-refractivity contribution in [3.8, 4) is 5.75 Å². The van der Waals surface area contributed by atoms with Crippen LogP contribution in [0, 0.1) is 11.8 Å². The maximum Gasteiger partial charge on any atom is 0.307 e. The molecule has 2 atom stereocenters. The molecule has 0 aliphatic heterocycles. The molecule has 1 saturated carbocycles. The molecule has 2 unspecified atom stereocenters. The predicted octanol–water partition coefficient (Wildman–Crippen LogP) is 1.42. The van der Waals surface area contributed by atoms with Gasteiger partial charge in [0.1, 0.15) is 5.75 Å². The zero-order valence-corrected chi connectivity index (χ0v) is 10.8. The quantitative estimate of drug-likeness (QED) is 0.842. The molecule has 2 N–H and O–H groups in total. The Morgan fingerprint density at radius 1 is 1.37 bits per heavy atom. The lowest BCUT2D eigenvalue weighted by Crippen LogP contribution is -2.43. The van der Waals surface area contributed by atoms with Gasteiger partial charge < -0.3 is 15.2 Å². The molecule has 5 heteroatoms. The smallest absolute Gasteiger partial charge is 0.307 e. The van der Waals surface area contributed by atoms with Crippen LogP contribution >= 0.6 is 0 Å². The first-order chi connectivity index (χ1) is 9.11. The van der Waals surface area contributed by atoms with E-state index in [4.69, 9.17) is 9.84 Å². The van der Waals surface area contributed by atoms with Gasteiger partial charge in [0.25, 0.3) is 0 Å². The molecule has 102 valence electrons. The molecule has 1 fully saturated rings. The van der Waals surface area contributed by atoms with Crippen LogP contribution in [0.25, 0.3) is 0 Å². The summed E-state index contributed by atoms with van der Waals surface area (Å²) in [4.78, 5) is 22.7. The van der Waals surface area contributed by atoms with E-state index < -0.39 is 11.9 Å². The van der Waals surface area contributed by atoms with Crippen LogP contribution < -0.4 is 10.1 Å². The van der Waals surface area contributed by atoms with Gasteiger partial charge in [0, 0.05) is 6.54 Å². The molecule has 1 amide bonds. The van der Waals surface area contributed by atoms with Crippen molar-refractivity contribution in [1.29, 1.82) is 0 Å². The fourth-order valence-electron chi connectivity index (χ4n) is 2.21. The van der Waals surface area contributed by atoms with E-state index in [0.29, 0.717) is 19.4 Å². The predicted molar refractivity (Wildman–Crippen MR) is 68.7 cm³/mol. The van der Waals surface area contributed by atoms with Gasteiger partial charge in [-0.2, -0.15) is 0 Å². The van der Waals surface area contributed by atoms with Gasteiger partial charge in [-0.15, -0.1) is 0 Å². The van der Waals surface area contributed by atoms with Crippen LogP contribution in [0.4, 0.5) is 0 Å². The maximum absolute atomic E-state index is 11.9. The van der Waals surface area contributed by atoms with Gasteiger partial charge in [-0.3, -0.25) is 9.59 Å². The van der Waals surface area contributed by atoms with Crippen LogP contribution in [-0.4, -0.2) is 24.1 Å². The van der Waals surface area contributed by atoms with Crippen LogP contribution in [0.15, 0.2) is 24.3 Å². The molecule has 0 bridgehead atoms. The van der Waals surface area contributed by atoms with Crippen molar-refractivity contribution in [1.82, 2.24) is 5.32 Å². The van der Waals surface area contributed by atoms with Crippen LogP contribution in [0.3, 0.4) is 0 Å². The number of amides is 1. The fourth-order valence-corrected chi connectivity index (χ4v) is 2.21. The van der Waals surface area contributed by atoms with Gasteiger partial charge in [-0.1, -0.05) is 12.1 Å². The highest BCUT2D eigenvalue weighted by molar-refractivity contribution is 5.86. The summed E-state index contributed by atoms with van der Waals surface area (Å²) < 4.78 is 5.10. The molecule has 1 aromatic rings. The monoisotopic (exact) mass is 263 g/mol. The number of methoxy groups -OCH3 is 1. The third-order valence-corrected chi connectivity index (χ3v) is 3.53. The number of benzene rings is 1. The molecule has 0 radical (unpaired) electrons. The molecule has 2 rings (SSSR count). The standard InChI is InChI=1S/C14H17NO4/c1-19-10-4-2-3-9(7-10)8-15-13(16)11-5-6-12(11)14(17)18/h2-4,7,11-12H,5-6,8H2,1H3,(H,15,16)(H,17,18). The Kier molecular flexibility index (Phi) is 4.04. The molecular weight excluding hydrogens is 246 g/mol. The van der Waals surface area contributed by atoms with Gasteiger partial charge in [0.15, 0.2) is 0 Å². The summed E-state index contributed by atoms with van der Waals surface area (Å²) in [7, 11) is 1.59. The highest BCUT2D eigenvalue weighted by atomic mass is 16.5. The van der Waals surface area contributed by atoms with Gasteiger partial charge in [0.05, 0.1) is 18.9 Å². The molecule has 19 heavy (non-hydrogen) atoms. The number of carbonyl (C=O) groups is 2. The lowest BCUT2D eigenvalue weighted by atomic mass is 9.73. The highest BCUT2D eigenvalue weighted by Crippen LogP contribution is 2.34. The largest absolute Gasteiger partial charge is 0.497 e. The molecule has 0 saturated heterocycles. The Morgan fingerprint density at radius 3 is 2.68 bits per heavy atom. The minimum Gasteiger partial charge on any atom is -0.497 e. The molecule has 0 heterocycles. The minimum absolute atomic E-state index is 0.179. The average Bonchev–Trinajstić information content (AvgIpc) is 2.34. The fraction of sp³-hybridized carbons (Fsp3) is 0.429. The van der Waals surface area contributed by atoms with E-state index in [1.54, 1.807) is 7.11 Å². The van der Waals surface area contributed by atoms with E-state index in [1.165, 1.54) is 0 Å². The number of nitrogens with one attached hydrogen (secondary N) is 1. The van der Waals surface area contributed by atoms with E-state index in [1.807, 2.05) is 24.3 Å². The van der Waals surface area contributed by atoms with Crippen molar-refractivity contribution >= 4 is 11.9 Å². The summed E-state index contributed by atoms with van der Waals surface area (Å²) in [5.41, 5.74) is 0.930. The summed E-state index contributed by atoms with van der Waals surface area (Å²) in [5, 5.41) is 11.7. The zero-order chi connectivity index (χ0) is 13.8. The lowest BCUT2D eigenvalue weighted by molar-refractivity contribution is -0.152. The summed E-state index contributed by atoms with van der Waals surface area (Å²) >= 11 is 0. The number of ether oxygens (including phenoxy) is 1. The summed E-state index contributed by atoms with van der Waals surface area (Å²) in [6.07, 6.45) is 1.24. The van der Waals surface area contributed by atoms with Crippen LogP contribution in [0.2, 0.25) is 0 Å². The van der Waals surface area contributed by atoms with E-state index >= 15 is 0 Å². The highest BCUT2D eigenvalue weighted by Gasteiger charge is 2.41. The van der Waals surface area contributed by atoms with Gasteiger partial charge in [-0.25, -0.2) is 0 Å². The number of carboxylic acid groups (broad SMARTS) is 1. The SMILES string of the molecule is COc1cccc(CNC(=O)C2CCC2C(=O)O)c1. The van der Waals surface area contributed by atoms with Crippen LogP contribution in [0.1, 0.15) is 18.4 Å². The van der Waals surface area contributed by atoms with Crippen molar-refractivity contribution < 1.29 is 19.4 Å². The lowest BCUT2D eigenvalue weighted by Gasteiger charge is -2.31. The Hall–Kier alpha value is -2.04. The third-order valence-electron chi connectivity index (χ3n) is 3.53. The number of carboxylic acids is 1. The first-order valence-electron chi connectivity index (χ1n) is 6.25. The second-order valence-electron chi connectivity index (χ2n) is 4.70. The van der Waals surface area contributed by atoms with E-state index in [9.17, 15) is 9.59 Å². The number of aliphatic carboxylic acids is 1. The van der Waals surface area contributed by atoms with E-state index in [-0.39, 0.29) is 11.8 Å². The molecule has 0 spiro atoms. The summed E-state index contributed by atoms with van der Waals surface area (Å²) in [6.45, 7) is 0.388. The molecule has 1 aromatic carbocycles. The normalized spacial score (nSPS) is 21.3. The molecule has 5 nitrogen and oxygen atoms in total. The van der Waals surface area contributed by atoms with Gasteiger partial charge >= 0.3 is 5.97 Å². The Balaban J connectivity index is 1.88. The Labute approximate surface area is 111 Å². The van der Waals surface area contributed by atoms with Gasteiger partial charge in [-0.05, 0) is 30.5 Å². The second kappa shape index (κ2) is 5.73. The zero-order valence-electron chi connectivity index (χ0n) is 10.8. The van der Waals surface area contributed by atoms with Crippen molar-refractivity contribution in [2.24, 2.45) is 11.8 Å². The maximum atomic E-state index is 11.9. The number of hydrogen-bond donors (Lipinski definition) is 2. The first-order valence-corrected chi connectivity index (χ1v) is 6.25. The van der Waals surface area contributed by atoms with Crippen molar-refractivity contribution in [3.05, 3.63) is 29.8 Å². The van der Waals surface area contributed by atoms with Crippen LogP contribution in [-0.2, 0) is 16.1 Å². The van der Waals surface area contributed by atoms with Crippen molar-refractivity contribution in [3.63, 3.8) is 0 Å². The molecule has 1 aliphatic rings.